The van der Waals surface area contributed by atoms with Crippen LogP contribution in [0.1, 0.15) is 15.4 Å². The average molecular weight is 301 g/mol. The first-order valence-corrected chi connectivity index (χ1v) is 7.64. The van der Waals surface area contributed by atoms with Crippen LogP contribution in [0, 0.1) is 0 Å². The molecule has 102 valence electrons. The molecule has 0 aliphatic heterocycles. The van der Waals surface area contributed by atoms with Gasteiger partial charge in [-0.05, 0) is 24.3 Å². The van der Waals surface area contributed by atoms with Crippen LogP contribution in [0.3, 0.4) is 0 Å². The van der Waals surface area contributed by atoms with E-state index >= 15 is 0 Å². The van der Waals surface area contributed by atoms with Gasteiger partial charge in [0.15, 0.2) is 0 Å². The summed E-state index contributed by atoms with van der Waals surface area (Å²) in [6, 6.07) is 6.03. The summed E-state index contributed by atoms with van der Waals surface area (Å²) in [6.45, 7) is 0.191. The second-order valence-corrected chi connectivity index (χ2v) is 6.73. The summed E-state index contributed by atoms with van der Waals surface area (Å²) in [7, 11) is -3.66. The van der Waals surface area contributed by atoms with Gasteiger partial charge < -0.3 is 9.52 Å². The second kappa shape index (κ2) is 5.55. The van der Waals surface area contributed by atoms with Crippen LogP contribution >= 0.6 is 11.3 Å². The Morgan fingerprint density at radius 1 is 1.37 bits per heavy atom. The normalized spacial score (nSPS) is 11.6. The highest BCUT2D eigenvalue weighted by Crippen LogP contribution is 2.21. The summed E-state index contributed by atoms with van der Waals surface area (Å²) in [6.07, 6.45) is 1.95. The lowest BCUT2D eigenvalue weighted by Crippen LogP contribution is -2.25. The monoisotopic (exact) mass is 301 g/mol. The molecule has 2 rings (SSSR count). The highest BCUT2D eigenvalue weighted by molar-refractivity contribution is 7.91. The predicted octanol–water partition coefficient (Wildman–Crippen LogP) is 1.56. The second-order valence-electron chi connectivity index (χ2n) is 3.65. The van der Waals surface area contributed by atoms with Crippen LogP contribution in [0.2, 0.25) is 0 Å². The zero-order chi connectivity index (χ0) is 13.9. The van der Waals surface area contributed by atoms with E-state index in [1.807, 2.05) is 0 Å². The molecule has 0 bridgehead atoms. The fourth-order valence-corrected chi connectivity index (χ4v) is 3.64. The van der Waals surface area contributed by atoms with Gasteiger partial charge in [0.05, 0.1) is 6.26 Å². The fraction of sp³-hybridized carbons (Fsp3) is 0.182. The minimum absolute atomic E-state index is 0.00795. The van der Waals surface area contributed by atoms with Crippen LogP contribution in [0.5, 0.6) is 0 Å². The summed E-state index contributed by atoms with van der Waals surface area (Å²) in [5.74, 6) is -0.456. The molecule has 0 saturated carbocycles. The molecule has 0 aromatic carbocycles. The zero-order valence-electron chi connectivity index (χ0n) is 9.70. The molecule has 0 aliphatic carbocycles. The average Bonchev–Trinajstić information content (AvgIpc) is 2.99. The van der Waals surface area contributed by atoms with Crippen molar-refractivity contribution in [3.8, 4) is 0 Å². The Labute approximate surface area is 113 Å². The standard InChI is InChI=1S/C11H11NO5S2/c13-11(14)9-3-4-10(18-9)19(15,16)12-6-5-8-2-1-7-17-8/h1-4,7,12H,5-6H2,(H,13,14). The van der Waals surface area contributed by atoms with Gasteiger partial charge in [-0.1, -0.05) is 0 Å². The van der Waals surface area contributed by atoms with Crippen LogP contribution in [0.4, 0.5) is 0 Å². The Balaban J connectivity index is 1.99. The van der Waals surface area contributed by atoms with Gasteiger partial charge >= 0.3 is 5.97 Å². The molecule has 2 N–H and O–H groups in total. The third-order valence-electron chi connectivity index (χ3n) is 2.30. The molecule has 0 radical (unpaired) electrons. The Morgan fingerprint density at radius 2 is 2.16 bits per heavy atom. The number of aromatic carboxylic acids is 1. The van der Waals surface area contributed by atoms with Crippen molar-refractivity contribution in [2.45, 2.75) is 10.6 Å². The first-order valence-electron chi connectivity index (χ1n) is 5.34. The summed E-state index contributed by atoms with van der Waals surface area (Å²) >= 11 is 0.722. The van der Waals surface area contributed by atoms with Crippen molar-refractivity contribution in [3.05, 3.63) is 41.2 Å². The van der Waals surface area contributed by atoms with Crippen molar-refractivity contribution in [2.24, 2.45) is 0 Å². The van der Waals surface area contributed by atoms with E-state index < -0.39 is 16.0 Å². The predicted molar refractivity (Wildman–Crippen MR) is 68.9 cm³/mol. The molecule has 2 aromatic heterocycles. The molecular weight excluding hydrogens is 290 g/mol. The number of sulfonamides is 1. The fourth-order valence-electron chi connectivity index (χ4n) is 1.41. The lowest BCUT2D eigenvalue weighted by Gasteiger charge is -2.02. The smallest absolute Gasteiger partial charge is 0.345 e. The Morgan fingerprint density at radius 3 is 2.74 bits per heavy atom. The summed E-state index contributed by atoms with van der Waals surface area (Å²) in [5, 5.41) is 8.75. The number of hydrogen-bond acceptors (Lipinski definition) is 5. The first-order chi connectivity index (χ1) is 8.99. The quantitative estimate of drug-likeness (QED) is 0.844. The molecule has 0 amide bonds. The minimum atomic E-state index is -3.66. The van der Waals surface area contributed by atoms with Gasteiger partial charge in [-0.2, -0.15) is 0 Å². The van der Waals surface area contributed by atoms with E-state index in [0.29, 0.717) is 12.2 Å². The molecule has 0 atom stereocenters. The topological polar surface area (TPSA) is 96.6 Å². The third kappa shape index (κ3) is 3.43. The van der Waals surface area contributed by atoms with Crippen LogP contribution in [-0.2, 0) is 16.4 Å². The number of nitrogens with one attached hydrogen (secondary N) is 1. The highest BCUT2D eigenvalue weighted by Gasteiger charge is 2.18. The van der Waals surface area contributed by atoms with Crippen molar-refractivity contribution in [1.29, 1.82) is 0 Å². The molecule has 0 unspecified atom stereocenters. The minimum Gasteiger partial charge on any atom is -0.477 e. The molecule has 0 saturated heterocycles. The maximum absolute atomic E-state index is 11.9. The molecule has 6 nitrogen and oxygen atoms in total. The van der Waals surface area contributed by atoms with E-state index in [4.69, 9.17) is 9.52 Å². The Bertz CT molecular complexity index is 657. The van der Waals surface area contributed by atoms with Crippen LogP contribution in [-0.4, -0.2) is 26.0 Å². The molecule has 0 aliphatic rings. The maximum atomic E-state index is 11.9. The van der Waals surface area contributed by atoms with E-state index in [1.165, 1.54) is 18.4 Å². The van der Waals surface area contributed by atoms with Crippen molar-refractivity contribution in [2.75, 3.05) is 6.54 Å². The number of hydrogen-bond donors (Lipinski definition) is 2. The summed E-state index contributed by atoms with van der Waals surface area (Å²) in [5.41, 5.74) is 0. The molecule has 19 heavy (non-hydrogen) atoms. The Hall–Kier alpha value is -1.64. The maximum Gasteiger partial charge on any atom is 0.345 e. The zero-order valence-corrected chi connectivity index (χ0v) is 11.3. The molecule has 0 fully saturated rings. The molecule has 0 spiro atoms. The lowest BCUT2D eigenvalue weighted by molar-refractivity contribution is 0.0702. The van der Waals surface area contributed by atoms with E-state index in [2.05, 4.69) is 4.72 Å². The summed E-state index contributed by atoms with van der Waals surface area (Å²) in [4.78, 5) is 10.7. The van der Waals surface area contributed by atoms with Crippen LogP contribution < -0.4 is 4.72 Å². The van der Waals surface area contributed by atoms with E-state index in [9.17, 15) is 13.2 Å². The molecule has 2 heterocycles. The number of thiophene rings is 1. The van der Waals surface area contributed by atoms with Gasteiger partial charge in [0.25, 0.3) is 0 Å². The van der Waals surface area contributed by atoms with Gasteiger partial charge in [-0.15, -0.1) is 11.3 Å². The van der Waals surface area contributed by atoms with E-state index in [1.54, 1.807) is 12.1 Å². The number of carboxylic acid groups (broad SMARTS) is 1. The Kier molecular flexibility index (Phi) is 4.03. The summed E-state index contributed by atoms with van der Waals surface area (Å²) < 4.78 is 31.2. The number of carboxylic acids is 1. The van der Waals surface area contributed by atoms with Crippen LogP contribution in [0.15, 0.2) is 39.2 Å². The van der Waals surface area contributed by atoms with Gasteiger partial charge in [-0.25, -0.2) is 17.9 Å². The van der Waals surface area contributed by atoms with Gasteiger partial charge in [0, 0.05) is 13.0 Å². The van der Waals surface area contributed by atoms with Gasteiger partial charge in [0.1, 0.15) is 14.8 Å². The van der Waals surface area contributed by atoms with Crippen LogP contribution in [0.25, 0.3) is 0 Å². The largest absolute Gasteiger partial charge is 0.477 e. The molecular formula is C11H11NO5S2. The molecule has 2 aromatic rings. The molecule has 8 heteroatoms. The van der Waals surface area contributed by atoms with Gasteiger partial charge in [0.2, 0.25) is 10.0 Å². The first kappa shape index (κ1) is 13.8. The van der Waals surface area contributed by atoms with Crippen molar-refractivity contribution in [1.82, 2.24) is 4.72 Å². The van der Waals surface area contributed by atoms with Crippen molar-refractivity contribution < 1.29 is 22.7 Å². The van der Waals surface area contributed by atoms with Crippen molar-refractivity contribution in [3.63, 3.8) is 0 Å². The number of carbonyl (C=O) groups is 1. The lowest BCUT2D eigenvalue weighted by atomic mass is 10.3. The SMILES string of the molecule is O=C(O)c1ccc(S(=O)(=O)NCCc2ccco2)s1. The number of rotatable bonds is 6. The highest BCUT2D eigenvalue weighted by atomic mass is 32.2. The number of furan rings is 1. The van der Waals surface area contributed by atoms with Crippen molar-refractivity contribution >= 4 is 27.3 Å². The van der Waals surface area contributed by atoms with E-state index in [-0.39, 0.29) is 15.6 Å². The van der Waals surface area contributed by atoms with Gasteiger partial charge in [-0.3, -0.25) is 0 Å². The third-order valence-corrected chi connectivity index (χ3v) is 5.33. The van der Waals surface area contributed by atoms with E-state index in [0.717, 1.165) is 11.3 Å².